The normalized spacial score (nSPS) is 15.1. The molecule has 3 N–H and O–H groups in total. The van der Waals surface area contributed by atoms with Gasteiger partial charge in [-0.05, 0) is 36.4 Å². The molecule has 3 aromatic carbocycles. The molecular formula is C25H21N5O2. The fourth-order valence-electron chi connectivity index (χ4n) is 3.94. The second kappa shape index (κ2) is 8.03. The summed E-state index contributed by atoms with van der Waals surface area (Å²) < 4.78 is 0. The van der Waals surface area contributed by atoms with Crippen LogP contribution in [0.5, 0.6) is 0 Å². The van der Waals surface area contributed by atoms with Gasteiger partial charge in [0.05, 0.1) is 16.9 Å². The zero-order valence-electron chi connectivity index (χ0n) is 17.4. The van der Waals surface area contributed by atoms with Gasteiger partial charge in [-0.25, -0.2) is 0 Å². The summed E-state index contributed by atoms with van der Waals surface area (Å²) in [5, 5.41) is 13.3. The Hall–Kier alpha value is -4.39. The van der Waals surface area contributed by atoms with Gasteiger partial charge in [0.1, 0.15) is 6.17 Å². The van der Waals surface area contributed by atoms with Gasteiger partial charge in [0.25, 0.3) is 11.8 Å². The average molecular weight is 423 g/mol. The molecule has 0 spiro atoms. The largest absolute Gasteiger partial charge is 0.350 e. The van der Waals surface area contributed by atoms with E-state index in [9.17, 15) is 9.59 Å². The van der Waals surface area contributed by atoms with Crippen LogP contribution >= 0.6 is 0 Å². The number of nitrogens with one attached hydrogen (secondary N) is 3. The molecule has 2 amide bonds. The third-order valence-corrected chi connectivity index (χ3v) is 5.60. The Morgan fingerprint density at radius 3 is 2.47 bits per heavy atom. The van der Waals surface area contributed by atoms with Gasteiger partial charge >= 0.3 is 0 Å². The van der Waals surface area contributed by atoms with Crippen molar-refractivity contribution < 1.29 is 9.59 Å². The molecule has 0 fully saturated rings. The molecule has 0 aliphatic carbocycles. The van der Waals surface area contributed by atoms with E-state index in [4.69, 9.17) is 0 Å². The van der Waals surface area contributed by atoms with Crippen molar-refractivity contribution in [1.82, 2.24) is 15.5 Å². The maximum atomic E-state index is 12.6. The lowest BCUT2D eigenvalue weighted by Gasteiger charge is -2.36. The molecule has 0 radical (unpaired) electrons. The van der Waals surface area contributed by atoms with Crippen LogP contribution in [0.25, 0.3) is 11.3 Å². The van der Waals surface area contributed by atoms with Gasteiger partial charge in [0.15, 0.2) is 0 Å². The van der Waals surface area contributed by atoms with Crippen molar-refractivity contribution in [2.24, 2.45) is 0 Å². The number of para-hydroxylation sites is 1. The lowest BCUT2D eigenvalue weighted by molar-refractivity contribution is 0.0927. The van der Waals surface area contributed by atoms with E-state index in [0.29, 0.717) is 16.8 Å². The summed E-state index contributed by atoms with van der Waals surface area (Å²) in [6.07, 6.45) is 1.44. The Morgan fingerprint density at radius 2 is 1.69 bits per heavy atom. The summed E-state index contributed by atoms with van der Waals surface area (Å²) >= 11 is 0. The molecule has 7 nitrogen and oxygen atoms in total. The molecule has 0 saturated heterocycles. The van der Waals surface area contributed by atoms with Crippen LogP contribution in [0.15, 0.2) is 85.1 Å². The van der Waals surface area contributed by atoms with Crippen LogP contribution in [-0.4, -0.2) is 29.1 Å². The van der Waals surface area contributed by atoms with Crippen LogP contribution in [0.1, 0.15) is 32.4 Å². The maximum Gasteiger partial charge on any atom is 0.255 e. The van der Waals surface area contributed by atoms with Crippen LogP contribution in [0.2, 0.25) is 0 Å². The molecule has 1 aliphatic rings. The number of aromatic amines is 1. The summed E-state index contributed by atoms with van der Waals surface area (Å²) in [7, 11) is 1.95. The van der Waals surface area contributed by atoms with Gasteiger partial charge in [-0.2, -0.15) is 5.10 Å². The average Bonchev–Trinajstić information content (AvgIpc) is 3.32. The molecule has 7 heteroatoms. The first-order valence-corrected chi connectivity index (χ1v) is 10.2. The van der Waals surface area contributed by atoms with Gasteiger partial charge in [-0.15, -0.1) is 0 Å². The number of amides is 2. The van der Waals surface area contributed by atoms with Crippen molar-refractivity contribution in [2.75, 3.05) is 17.3 Å². The molecule has 2 heterocycles. The van der Waals surface area contributed by atoms with E-state index in [-0.39, 0.29) is 18.0 Å². The monoisotopic (exact) mass is 423 g/mol. The van der Waals surface area contributed by atoms with E-state index < -0.39 is 0 Å². The van der Waals surface area contributed by atoms with Crippen LogP contribution < -0.4 is 15.5 Å². The number of rotatable bonds is 4. The minimum absolute atomic E-state index is 0.116. The molecular weight excluding hydrogens is 402 g/mol. The van der Waals surface area contributed by atoms with E-state index in [2.05, 4.69) is 20.8 Å². The van der Waals surface area contributed by atoms with E-state index in [1.54, 1.807) is 18.3 Å². The van der Waals surface area contributed by atoms with Crippen LogP contribution in [-0.2, 0) is 0 Å². The van der Waals surface area contributed by atoms with Crippen molar-refractivity contribution in [3.8, 4) is 11.3 Å². The van der Waals surface area contributed by atoms with Crippen molar-refractivity contribution in [2.45, 2.75) is 6.17 Å². The van der Waals surface area contributed by atoms with Gasteiger partial charge < -0.3 is 15.5 Å². The SMILES string of the molecule is CN1c2ccccc2C(=O)NC1c1c[nH]nc1-c1ccc(NC(=O)c2ccccc2)cc1. The maximum absolute atomic E-state index is 12.6. The highest BCUT2D eigenvalue weighted by molar-refractivity contribution is 6.04. The number of hydrogen-bond donors (Lipinski definition) is 3. The number of nitrogens with zero attached hydrogens (tertiary/aromatic N) is 2. The Balaban J connectivity index is 1.39. The lowest BCUT2D eigenvalue weighted by Crippen LogP contribution is -2.44. The van der Waals surface area contributed by atoms with Crippen molar-refractivity contribution >= 4 is 23.2 Å². The zero-order valence-corrected chi connectivity index (χ0v) is 17.4. The first kappa shape index (κ1) is 19.6. The van der Waals surface area contributed by atoms with E-state index in [1.165, 1.54) is 0 Å². The molecule has 0 bridgehead atoms. The fourth-order valence-corrected chi connectivity index (χ4v) is 3.94. The Labute approximate surface area is 185 Å². The number of anilines is 2. The smallest absolute Gasteiger partial charge is 0.255 e. The van der Waals surface area contributed by atoms with E-state index in [1.807, 2.05) is 78.7 Å². The fraction of sp³-hybridized carbons (Fsp3) is 0.0800. The number of H-pyrrole nitrogens is 1. The number of benzene rings is 3. The molecule has 1 atom stereocenters. The van der Waals surface area contributed by atoms with Crippen molar-refractivity contribution in [3.05, 3.63) is 102 Å². The molecule has 32 heavy (non-hydrogen) atoms. The highest BCUT2D eigenvalue weighted by Gasteiger charge is 2.31. The zero-order chi connectivity index (χ0) is 22.1. The second-order valence-electron chi connectivity index (χ2n) is 7.59. The molecule has 1 unspecified atom stereocenters. The minimum atomic E-state index is -0.358. The number of hydrogen-bond acceptors (Lipinski definition) is 4. The Bertz CT molecular complexity index is 1280. The Kier molecular flexibility index (Phi) is 4.91. The minimum Gasteiger partial charge on any atom is -0.350 e. The summed E-state index contributed by atoms with van der Waals surface area (Å²) in [5.41, 5.74) is 5.28. The molecule has 1 aromatic heterocycles. The number of fused-ring (bicyclic) bond motifs is 1. The molecule has 4 aromatic rings. The van der Waals surface area contributed by atoms with Gasteiger partial charge in [-0.1, -0.05) is 42.5 Å². The highest BCUT2D eigenvalue weighted by atomic mass is 16.2. The highest BCUT2D eigenvalue weighted by Crippen LogP contribution is 2.35. The second-order valence-corrected chi connectivity index (χ2v) is 7.59. The Morgan fingerprint density at radius 1 is 0.969 bits per heavy atom. The third kappa shape index (κ3) is 3.50. The van der Waals surface area contributed by atoms with Gasteiger partial charge in [0, 0.05) is 35.6 Å². The van der Waals surface area contributed by atoms with Crippen LogP contribution in [0.3, 0.4) is 0 Å². The number of carbonyl (C=O) groups is 2. The van der Waals surface area contributed by atoms with Crippen LogP contribution in [0, 0.1) is 0 Å². The van der Waals surface area contributed by atoms with E-state index >= 15 is 0 Å². The summed E-state index contributed by atoms with van der Waals surface area (Å²) in [4.78, 5) is 27.0. The quantitative estimate of drug-likeness (QED) is 0.459. The first-order chi connectivity index (χ1) is 15.6. The molecule has 158 valence electrons. The first-order valence-electron chi connectivity index (χ1n) is 10.2. The van der Waals surface area contributed by atoms with Gasteiger partial charge in [0.2, 0.25) is 0 Å². The van der Waals surface area contributed by atoms with Gasteiger partial charge in [-0.3, -0.25) is 14.7 Å². The molecule has 5 rings (SSSR count). The summed E-state index contributed by atoms with van der Waals surface area (Å²) in [5.74, 6) is -0.279. The predicted molar refractivity (Wildman–Crippen MR) is 123 cm³/mol. The molecule has 1 aliphatic heterocycles. The summed E-state index contributed by atoms with van der Waals surface area (Å²) in [6.45, 7) is 0. The van der Waals surface area contributed by atoms with Crippen molar-refractivity contribution in [1.29, 1.82) is 0 Å². The van der Waals surface area contributed by atoms with E-state index in [0.717, 1.165) is 22.5 Å². The number of aromatic nitrogens is 2. The molecule has 0 saturated carbocycles. The third-order valence-electron chi connectivity index (χ3n) is 5.60. The lowest BCUT2D eigenvalue weighted by atomic mass is 10.0. The van der Waals surface area contributed by atoms with Crippen LogP contribution in [0.4, 0.5) is 11.4 Å². The topological polar surface area (TPSA) is 90.1 Å². The standard InChI is InChI=1S/C25H21N5O2/c1-30-21-10-6-5-9-19(21)25(32)28-23(30)20-15-26-29-22(20)16-11-13-18(14-12-16)27-24(31)17-7-3-2-4-8-17/h2-15,23H,1H3,(H,26,29)(H,27,31)(H,28,32). The summed E-state index contributed by atoms with van der Waals surface area (Å²) in [6, 6.07) is 24.1. The van der Waals surface area contributed by atoms with Crippen molar-refractivity contribution in [3.63, 3.8) is 0 Å². The number of carbonyl (C=O) groups excluding carboxylic acids is 2. The predicted octanol–water partition coefficient (Wildman–Crippen LogP) is 4.21.